The van der Waals surface area contributed by atoms with Gasteiger partial charge in [0.05, 0.1) is 11.9 Å². The first kappa shape index (κ1) is 16.1. The summed E-state index contributed by atoms with van der Waals surface area (Å²) in [5.41, 5.74) is 0.817. The lowest BCUT2D eigenvalue weighted by Gasteiger charge is -2.36. The number of nitrogens with one attached hydrogen (secondary N) is 1. The van der Waals surface area contributed by atoms with Crippen molar-refractivity contribution in [2.45, 2.75) is 5.50 Å². The third-order valence-electron chi connectivity index (χ3n) is 3.43. The number of urea groups is 2. The van der Waals surface area contributed by atoms with Gasteiger partial charge in [0.25, 0.3) is 0 Å². The van der Waals surface area contributed by atoms with Crippen molar-refractivity contribution in [1.29, 1.82) is 0 Å². The first-order chi connectivity index (χ1) is 11.7. The van der Waals surface area contributed by atoms with E-state index in [1.54, 1.807) is 36.7 Å². The fourth-order valence-corrected chi connectivity index (χ4v) is 2.83. The fourth-order valence-electron chi connectivity index (χ4n) is 2.26. The standard InChI is InChI=1S/C17H16N4O2S/c1-24-16-19-15(22)20(14-10-6-3-7-11-14)17(23)21(16)18-12-13-8-4-2-5-9-13/h2-12,16H,1H3,(H,19,22). The molecule has 4 amide bonds. The average molecular weight is 340 g/mol. The van der Waals surface area contributed by atoms with Crippen molar-refractivity contribution in [2.75, 3.05) is 11.2 Å². The van der Waals surface area contributed by atoms with E-state index in [1.807, 2.05) is 36.4 Å². The van der Waals surface area contributed by atoms with Gasteiger partial charge in [-0.15, -0.1) is 11.8 Å². The number of nitrogens with zero attached hydrogens (tertiary/aromatic N) is 3. The van der Waals surface area contributed by atoms with Crippen LogP contribution in [0.15, 0.2) is 65.8 Å². The Morgan fingerprint density at radius 3 is 2.29 bits per heavy atom. The second-order valence-corrected chi connectivity index (χ2v) is 5.91. The van der Waals surface area contributed by atoms with Crippen molar-refractivity contribution < 1.29 is 9.59 Å². The zero-order valence-electron chi connectivity index (χ0n) is 13.0. The number of rotatable bonds is 4. The average Bonchev–Trinajstić information content (AvgIpc) is 2.62. The molecule has 0 spiro atoms. The normalized spacial score (nSPS) is 18.1. The predicted octanol–water partition coefficient (Wildman–Crippen LogP) is 3.32. The van der Waals surface area contributed by atoms with Gasteiger partial charge in [-0.05, 0) is 24.0 Å². The van der Waals surface area contributed by atoms with Crippen LogP contribution in [-0.4, -0.2) is 35.0 Å². The highest BCUT2D eigenvalue weighted by molar-refractivity contribution is 7.99. The van der Waals surface area contributed by atoms with E-state index in [0.717, 1.165) is 10.5 Å². The number of amides is 4. The number of carbonyl (C=O) groups excluding carboxylic acids is 2. The number of thioether (sulfide) groups is 1. The number of hydrogen-bond donors (Lipinski definition) is 1. The molecule has 0 saturated carbocycles. The summed E-state index contributed by atoms with van der Waals surface area (Å²) in [6.07, 6.45) is 3.41. The Balaban J connectivity index is 1.89. The molecule has 1 aliphatic rings. The third-order valence-corrected chi connectivity index (χ3v) is 4.19. The van der Waals surface area contributed by atoms with E-state index < -0.39 is 17.6 Å². The molecule has 0 aromatic heterocycles. The first-order valence-electron chi connectivity index (χ1n) is 7.31. The summed E-state index contributed by atoms with van der Waals surface area (Å²) >= 11 is 1.33. The molecule has 0 radical (unpaired) electrons. The molecule has 2 aromatic rings. The van der Waals surface area contributed by atoms with Gasteiger partial charge in [0.15, 0.2) is 5.50 Å². The molecule has 2 aromatic carbocycles. The van der Waals surface area contributed by atoms with Crippen LogP contribution < -0.4 is 10.2 Å². The van der Waals surface area contributed by atoms with Crippen molar-refractivity contribution in [2.24, 2.45) is 5.10 Å². The number of benzene rings is 2. The van der Waals surface area contributed by atoms with E-state index in [0.29, 0.717) is 5.69 Å². The largest absolute Gasteiger partial charge is 0.355 e. The molecule has 1 N–H and O–H groups in total. The minimum atomic E-state index is -0.551. The number of anilines is 1. The van der Waals surface area contributed by atoms with E-state index in [9.17, 15) is 9.59 Å². The number of hydrogen-bond acceptors (Lipinski definition) is 4. The van der Waals surface area contributed by atoms with E-state index in [2.05, 4.69) is 10.4 Å². The number of imide groups is 1. The van der Waals surface area contributed by atoms with Crippen molar-refractivity contribution in [1.82, 2.24) is 10.3 Å². The van der Waals surface area contributed by atoms with E-state index in [-0.39, 0.29) is 0 Å². The van der Waals surface area contributed by atoms with Crippen LogP contribution in [0, 0.1) is 0 Å². The maximum Gasteiger partial charge on any atom is 0.355 e. The summed E-state index contributed by atoms with van der Waals surface area (Å²) in [7, 11) is 0. The second-order valence-electron chi connectivity index (χ2n) is 4.99. The lowest BCUT2D eigenvalue weighted by atomic mass is 10.2. The van der Waals surface area contributed by atoms with E-state index >= 15 is 0 Å². The second kappa shape index (κ2) is 7.18. The van der Waals surface area contributed by atoms with Crippen molar-refractivity contribution in [3.63, 3.8) is 0 Å². The van der Waals surface area contributed by atoms with Gasteiger partial charge in [0.2, 0.25) is 0 Å². The highest BCUT2D eigenvalue weighted by atomic mass is 32.2. The van der Waals surface area contributed by atoms with Crippen molar-refractivity contribution in [3.8, 4) is 0 Å². The lowest BCUT2D eigenvalue weighted by Crippen LogP contribution is -2.62. The van der Waals surface area contributed by atoms with Gasteiger partial charge < -0.3 is 5.32 Å². The minimum Gasteiger partial charge on any atom is -0.306 e. The maximum absolute atomic E-state index is 12.8. The summed E-state index contributed by atoms with van der Waals surface area (Å²) in [5.74, 6) is 0. The number of hydrazone groups is 1. The smallest absolute Gasteiger partial charge is 0.306 e. The monoisotopic (exact) mass is 340 g/mol. The molecule has 24 heavy (non-hydrogen) atoms. The third kappa shape index (κ3) is 3.26. The van der Waals surface area contributed by atoms with Crippen LogP contribution in [0.3, 0.4) is 0 Å². The lowest BCUT2D eigenvalue weighted by molar-refractivity contribution is 0.180. The molecule has 1 unspecified atom stereocenters. The highest BCUT2D eigenvalue weighted by Crippen LogP contribution is 2.23. The predicted molar refractivity (Wildman–Crippen MR) is 96.0 cm³/mol. The van der Waals surface area contributed by atoms with Gasteiger partial charge in [0.1, 0.15) is 0 Å². The summed E-state index contributed by atoms with van der Waals surface area (Å²) in [6.45, 7) is 0. The van der Waals surface area contributed by atoms with Crippen molar-refractivity contribution in [3.05, 3.63) is 66.2 Å². The van der Waals surface area contributed by atoms with Gasteiger partial charge in [-0.3, -0.25) is 0 Å². The van der Waals surface area contributed by atoms with Crippen molar-refractivity contribution >= 4 is 35.7 Å². The Morgan fingerprint density at radius 1 is 1.04 bits per heavy atom. The zero-order valence-corrected chi connectivity index (χ0v) is 13.8. The Kier molecular flexibility index (Phi) is 4.81. The van der Waals surface area contributed by atoms with Crippen LogP contribution in [0.25, 0.3) is 0 Å². The number of carbonyl (C=O) groups is 2. The SMILES string of the molecule is CSC1NC(=O)N(c2ccccc2)C(=O)N1N=Cc1ccccc1. The van der Waals surface area contributed by atoms with E-state index in [1.165, 1.54) is 16.8 Å². The Morgan fingerprint density at radius 2 is 1.67 bits per heavy atom. The summed E-state index contributed by atoms with van der Waals surface area (Å²) in [5, 5.41) is 8.32. The van der Waals surface area contributed by atoms with Crippen LogP contribution in [0.2, 0.25) is 0 Å². The maximum atomic E-state index is 12.8. The Bertz CT molecular complexity index is 752. The molecular formula is C17H16N4O2S. The fraction of sp³-hybridized carbons (Fsp3) is 0.118. The molecule has 0 aliphatic carbocycles. The summed E-state index contributed by atoms with van der Waals surface area (Å²) in [6, 6.07) is 17.3. The van der Waals surface area contributed by atoms with Crippen LogP contribution in [0.4, 0.5) is 15.3 Å². The Hall–Kier alpha value is -2.80. The molecule has 122 valence electrons. The summed E-state index contributed by atoms with van der Waals surface area (Å²) in [4.78, 5) is 26.2. The van der Waals surface area contributed by atoms with Gasteiger partial charge >= 0.3 is 12.1 Å². The quantitative estimate of drug-likeness (QED) is 0.869. The topological polar surface area (TPSA) is 65.0 Å². The molecule has 3 rings (SSSR count). The molecule has 1 heterocycles. The van der Waals surface area contributed by atoms with Gasteiger partial charge in [-0.1, -0.05) is 48.5 Å². The molecule has 0 bridgehead atoms. The van der Waals surface area contributed by atoms with Gasteiger partial charge in [-0.25, -0.2) is 14.5 Å². The molecule has 1 fully saturated rings. The summed E-state index contributed by atoms with van der Waals surface area (Å²) < 4.78 is 0. The van der Waals surface area contributed by atoms with Crippen LogP contribution in [0.5, 0.6) is 0 Å². The molecule has 7 heteroatoms. The first-order valence-corrected chi connectivity index (χ1v) is 8.60. The van der Waals surface area contributed by atoms with Crippen LogP contribution in [-0.2, 0) is 0 Å². The van der Waals surface area contributed by atoms with Crippen LogP contribution in [0.1, 0.15) is 5.56 Å². The van der Waals surface area contributed by atoms with Crippen LogP contribution >= 0.6 is 11.8 Å². The molecule has 1 atom stereocenters. The number of para-hydroxylation sites is 1. The van der Waals surface area contributed by atoms with Gasteiger partial charge in [0, 0.05) is 0 Å². The Labute approximate surface area is 144 Å². The van der Waals surface area contributed by atoms with E-state index in [4.69, 9.17) is 0 Å². The zero-order chi connectivity index (χ0) is 16.9. The minimum absolute atomic E-state index is 0.461. The highest BCUT2D eigenvalue weighted by Gasteiger charge is 2.39. The molecule has 1 saturated heterocycles. The molecule has 1 aliphatic heterocycles. The molecular weight excluding hydrogens is 324 g/mol. The van der Waals surface area contributed by atoms with Gasteiger partial charge in [-0.2, -0.15) is 10.1 Å². The molecule has 6 nitrogen and oxygen atoms in total.